The molecule has 0 bridgehead atoms. The van der Waals surface area contributed by atoms with Gasteiger partial charge in [-0.15, -0.1) is 0 Å². The Morgan fingerprint density at radius 3 is 1.31 bits per heavy atom. The highest BCUT2D eigenvalue weighted by Gasteiger charge is 2.41. The molecule has 0 fully saturated rings. The molecule has 2 aromatic heterocycles. The van der Waals surface area contributed by atoms with E-state index < -0.39 is 71.1 Å². The van der Waals surface area contributed by atoms with Crippen LogP contribution in [0.15, 0.2) is 73.1 Å². The van der Waals surface area contributed by atoms with Crippen molar-refractivity contribution in [1.82, 2.24) is 20.6 Å². The highest BCUT2D eigenvalue weighted by Crippen LogP contribution is 2.27. The maximum absolute atomic E-state index is 13.9. The second-order valence-electron chi connectivity index (χ2n) is 12.4. The maximum atomic E-state index is 13.9. The Hall–Kier alpha value is -5.46. The number of benzene rings is 2. The van der Waals surface area contributed by atoms with Gasteiger partial charge in [-0.3, -0.25) is 38.7 Å². The Balaban J connectivity index is 1.55. The van der Waals surface area contributed by atoms with Crippen LogP contribution in [0.2, 0.25) is 0 Å². The molecule has 0 aliphatic heterocycles. The summed E-state index contributed by atoms with van der Waals surface area (Å²) in [5.74, 6) is -7.51. The quantitative estimate of drug-likeness (QED) is 0.148. The number of hydrogen-bond acceptors (Lipinski definition) is 10. The number of amides is 2. The van der Waals surface area contributed by atoms with E-state index in [0.717, 1.165) is 10.8 Å². The molecule has 0 spiro atoms. The average Bonchev–Trinajstić information content (AvgIpc) is 3.06. The molecular weight excluding hydrogens is 627 g/mol. The van der Waals surface area contributed by atoms with E-state index in [-0.39, 0.29) is 11.4 Å². The van der Waals surface area contributed by atoms with Crippen LogP contribution in [-0.2, 0) is 28.5 Å². The summed E-state index contributed by atoms with van der Waals surface area (Å²) in [6, 6.07) is 14.8. The van der Waals surface area contributed by atoms with E-state index in [4.69, 9.17) is 9.31 Å². The summed E-state index contributed by atoms with van der Waals surface area (Å²) in [7, 11) is 0.463. The van der Waals surface area contributed by atoms with Crippen molar-refractivity contribution in [1.29, 1.82) is 0 Å². The summed E-state index contributed by atoms with van der Waals surface area (Å²) in [5.41, 5.74) is 0.247. The molecule has 2 N–H and O–H groups in total. The minimum atomic E-state index is -1.48. The van der Waals surface area contributed by atoms with Crippen molar-refractivity contribution in [2.24, 2.45) is 23.7 Å². The molecule has 2 aromatic carbocycles. The van der Waals surface area contributed by atoms with E-state index in [1.54, 1.807) is 64.1 Å². The second-order valence-corrected chi connectivity index (χ2v) is 12.4. The first-order valence-corrected chi connectivity index (χ1v) is 15.8. The first kappa shape index (κ1) is 36.4. The largest absolute Gasteiger partial charge is 0.662 e. The lowest BCUT2D eigenvalue weighted by atomic mass is 9.82. The Labute approximate surface area is 284 Å². The Morgan fingerprint density at radius 1 is 0.592 bits per heavy atom. The van der Waals surface area contributed by atoms with Crippen molar-refractivity contribution in [2.75, 3.05) is 0 Å². The van der Waals surface area contributed by atoms with Crippen molar-refractivity contribution in [2.45, 2.75) is 53.6 Å². The molecule has 0 aliphatic rings. The molecule has 1 radical (unpaired) electrons. The SMILES string of the molecule is CC(=O)N[C@H](C(=O)O[B]OC(=O)[C@@H](NC(C)=O)C(C(=O)c1nccc2ccccc12)C(C)C)C(C(=O)c1nccc2ccccc12)C(C)C. The molecule has 2 unspecified atom stereocenters. The average molecular weight is 666 g/mol. The van der Waals surface area contributed by atoms with E-state index in [1.165, 1.54) is 26.2 Å². The van der Waals surface area contributed by atoms with E-state index >= 15 is 0 Å². The zero-order valence-corrected chi connectivity index (χ0v) is 28.1. The Kier molecular flexibility index (Phi) is 12.0. The van der Waals surface area contributed by atoms with E-state index in [0.29, 0.717) is 18.5 Å². The van der Waals surface area contributed by atoms with E-state index in [2.05, 4.69) is 20.6 Å². The van der Waals surface area contributed by atoms with Crippen LogP contribution in [0.1, 0.15) is 62.5 Å². The summed E-state index contributed by atoms with van der Waals surface area (Å²) < 4.78 is 10.3. The Morgan fingerprint density at radius 2 is 0.959 bits per heavy atom. The number of ketones is 2. The third-order valence-electron chi connectivity index (χ3n) is 8.13. The van der Waals surface area contributed by atoms with Gasteiger partial charge in [-0.05, 0) is 34.7 Å². The maximum Gasteiger partial charge on any atom is 0.662 e. The van der Waals surface area contributed by atoms with Crippen LogP contribution in [0.3, 0.4) is 0 Å². The summed E-state index contributed by atoms with van der Waals surface area (Å²) in [6.07, 6.45) is 2.98. The molecule has 12 nitrogen and oxygen atoms in total. The van der Waals surface area contributed by atoms with Crippen molar-refractivity contribution in [3.8, 4) is 0 Å². The van der Waals surface area contributed by atoms with Crippen molar-refractivity contribution in [3.63, 3.8) is 0 Å². The zero-order valence-electron chi connectivity index (χ0n) is 28.1. The van der Waals surface area contributed by atoms with Crippen LogP contribution < -0.4 is 10.6 Å². The molecule has 4 rings (SSSR count). The minimum absolute atomic E-state index is 0.124. The van der Waals surface area contributed by atoms with Crippen LogP contribution in [0, 0.1) is 23.7 Å². The molecule has 0 aliphatic carbocycles. The first-order valence-electron chi connectivity index (χ1n) is 15.8. The van der Waals surface area contributed by atoms with Crippen molar-refractivity contribution >= 4 is 64.5 Å². The van der Waals surface area contributed by atoms with Gasteiger partial charge in [0, 0.05) is 37.0 Å². The highest BCUT2D eigenvalue weighted by molar-refractivity contribution is 6.27. The fourth-order valence-electron chi connectivity index (χ4n) is 5.92. The molecule has 0 saturated carbocycles. The van der Waals surface area contributed by atoms with Gasteiger partial charge in [0.25, 0.3) is 0 Å². The fraction of sp³-hybridized carbons (Fsp3) is 0.333. The number of carbonyl (C=O) groups is 6. The first-order chi connectivity index (χ1) is 23.3. The zero-order chi connectivity index (χ0) is 35.8. The highest BCUT2D eigenvalue weighted by atomic mass is 16.6. The van der Waals surface area contributed by atoms with E-state index in [9.17, 15) is 28.8 Å². The summed E-state index contributed by atoms with van der Waals surface area (Å²) in [6.45, 7) is 9.23. The lowest BCUT2D eigenvalue weighted by Crippen LogP contribution is -2.52. The second kappa shape index (κ2) is 16.1. The monoisotopic (exact) mass is 665 g/mol. The normalized spacial score (nSPS) is 13.6. The third kappa shape index (κ3) is 8.53. The van der Waals surface area contributed by atoms with E-state index in [1.807, 2.05) is 24.3 Å². The number of aromatic nitrogens is 2. The predicted molar refractivity (Wildman–Crippen MR) is 182 cm³/mol. The number of Topliss-reactive ketones (excluding diaryl/α,β-unsaturated/α-hetero) is 2. The van der Waals surface area contributed by atoms with Crippen LogP contribution in [-0.4, -0.2) is 65.1 Å². The predicted octanol–water partition coefficient (Wildman–Crippen LogP) is 4.02. The van der Waals surface area contributed by atoms with Crippen molar-refractivity contribution in [3.05, 3.63) is 84.4 Å². The number of nitrogens with one attached hydrogen (secondary N) is 2. The van der Waals surface area contributed by atoms with Crippen LogP contribution in [0.25, 0.3) is 21.5 Å². The Bertz CT molecular complexity index is 1750. The molecule has 0 saturated heterocycles. The van der Waals surface area contributed by atoms with Gasteiger partial charge < -0.3 is 19.9 Å². The summed E-state index contributed by atoms with van der Waals surface area (Å²) in [5, 5.41) is 7.68. The lowest BCUT2D eigenvalue weighted by molar-refractivity contribution is -0.145. The molecule has 2 heterocycles. The van der Waals surface area contributed by atoms with Gasteiger partial charge >= 0.3 is 19.6 Å². The number of fused-ring (bicyclic) bond motifs is 2. The molecular formula is C36H38BN4O8. The van der Waals surface area contributed by atoms with Crippen LogP contribution in [0.5, 0.6) is 0 Å². The summed E-state index contributed by atoms with van der Waals surface area (Å²) in [4.78, 5) is 87.7. The van der Waals surface area contributed by atoms with Crippen molar-refractivity contribution < 1.29 is 38.1 Å². The van der Waals surface area contributed by atoms with Gasteiger partial charge in [-0.25, -0.2) is 0 Å². The number of hydrogen-bond donors (Lipinski definition) is 2. The van der Waals surface area contributed by atoms with Gasteiger partial charge in [0.1, 0.15) is 23.5 Å². The van der Waals surface area contributed by atoms with Gasteiger partial charge in [0.05, 0.1) is 11.8 Å². The number of nitrogens with zero attached hydrogens (tertiary/aromatic N) is 2. The molecule has 4 aromatic rings. The van der Waals surface area contributed by atoms with Crippen LogP contribution in [0.4, 0.5) is 0 Å². The number of rotatable bonds is 14. The molecule has 13 heteroatoms. The van der Waals surface area contributed by atoms with Gasteiger partial charge in [-0.2, -0.15) is 0 Å². The van der Waals surface area contributed by atoms with Crippen LogP contribution >= 0.6 is 0 Å². The number of pyridine rings is 2. The molecule has 253 valence electrons. The topological polar surface area (TPSA) is 171 Å². The number of carbonyl (C=O) groups excluding carboxylic acids is 6. The minimum Gasteiger partial charge on any atom is -0.498 e. The van der Waals surface area contributed by atoms with Gasteiger partial charge in [0.15, 0.2) is 11.6 Å². The third-order valence-corrected chi connectivity index (χ3v) is 8.13. The fourth-order valence-corrected chi connectivity index (χ4v) is 5.92. The molecule has 2 amide bonds. The standard InChI is InChI=1S/C36H38BN4O8/c1-19(2)27(33(44)29-25-13-9-7-11-23(25)15-17-38-29)31(40-21(5)42)35(46)48-37-49-36(47)32(41-22(6)43)28(20(3)4)34(45)30-26-14-10-8-12-24(26)16-18-39-30/h7-20,27-28,31-32H,1-6H3,(H,40,42)(H,41,43)/t27?,28?,31-,32-/m0/s1. The lowest BCUT2D eigenvalue weighted by Gasteiger charge is -2.29. The van der Waals surface area contributed by atoms with Gasteiger partial charge in [-0.1, -0.05) is 76.2 Å². The smallest absolute Gasteiger partial charge is 0.498 e. The molecule has 49 heavy (non-hydrogen) atoms. The molecule has 4 atom stereocenters. The summed E-state index contributed by atoms with van der Waals surface area (Å²) >= 11 is 0. The van der Waals surface area contributed by atoms with Gasteiger partial charge in [0.2, 0.25) is 11.8 Å².